The smallest absolute Gasteiger partial charge is 0.341 e. The van der Waals surface area contributed by atoms with E-state index < -0.39 is 5.97 Å². The van der Waals surface area contributed by atoms with E-state index >= 15 is 0 Å². The largest absolute Gasteiger partial charge is 0.497 e. The van der Waals surface area contributed by atoms with E-state index in [1.54, 1.807) is 7.11 Å². The molecule has 1 aromatic heterocycles. The molecule has 0 aliphatic heterocycles. The number of nitrogens with one attached hydrogen (secondary N) is 1. The molecule has 6 nitrogen and oxygen atoms in total. The quantitative estimate of drug-likeness (QED) is 0.755. The summed E-state index contributed by atoms with van der Waals surface area (Å²) in [5.41, 5.74) is 6.97. The van der Waals surface area contributed by atoms with Crippen LogP contribution < -0.4 is 10.5 Å². The van der Waals surface area contributed by atoms with Crippen molar-refractivity contribution in [2.24, 2.45) is 0 Å². The highest BCUT2D eigenvalue weighted by Gasteiger charge is 2.17. The minimum Gasteiger partial charge on any atom is -0.497 e. The third-order valence-electron chi connectivity index (χ3n) is 2.62. The van der Waals surface area contributed by atoms with Crippen LogP contribution in [0.5, 0.6) is 5.75 Å². The zero-order chi connectivity index (χ0) is 13.1. The van der Waals surface area contributed by atoms with Crippen LogP contribution in [-0.2, 0) is 6.42 Å². The van der Waals surface area contributed by atoms with Gasteiger partial charge in [-0.25, -0.2) is 4.79 Å². The maximum absolute atomic E-state index is 11.0. The third kappa shape index (κ3) is 2.27. The summed E-state index contributed by atoms with van der Waals surface area (Å²) >= 11 is 0. The van der Waals surface area contributed by atoms with E-state index in [1.165, 1.54) is 0 Å². The van der Waals surface area contributed by atoms with Gasteiger partial charge >= 0.3 is 5.97 Å². The predicted molar refractivity (Wildman–Crippen MR) is 65.8 cm³/mol. The first kappa shape index (κ1) is 12.0. The molecule has 0 bridgehead atoms. The van der Waals surface area contributed by atoms with Gasteiger partial charge in [-0.15, -0.1) is 0 Å². The van der Waals surface area contributed by atoms with E-state index in [-0.39, 0.29) is 11.4 Å². The number of rotatable bonds is 4. The predicted octanol–water partition coefficient (Wildman–Crippen LogP) is 1.29. The van der Waals surface area contributed by atoms with Gasteiger partial charge in [-0.1, -0.05) is 12.1 Å². The standard InChI is InChI=1S/C12H13N3O3/c1-18-8-4-2-7(3-5-8)6-9-10(12(16)17)11(13)15-14-9/h2-5H,6H2,1H3,(H,16,17)(H3,13,14,15). The first-order chi connectivity index (χ1) is 8.61. The Morgan fingerprint density at radius 1 is 1.44 bits per heavy atom. The average molecular weight is 247 g/mol. The Hall–Kier alpha value is -2.50. The Kier molecular flexibility index (Phi) is 3.18. The molecule has 1 heterocycles. The molecule has 0 amide bonds. The highest BCUT2D eigenvalue weighted by molar-refractivity contribution is 5.94. The van der Waals surface area contributed by atoms with Crippen molar-refractivity contribution in [3.8, 4) is 5.75 Å². The number of hydrogen-bond donors (Lipinski definition) is 3. The molecule has 0 atom stereocenters. The van der Waals surface area contributed by atoms with Crippen molar-refractivity contribution < 1.29 is 14.6 Å². The lowest BCUT2D eigenvalue weighted by Crippen LogP contribution is -2.04. The number of aromatic carboxylic acids is 1. The molecule has 94 valence electrons. The van der Waals surface area contributed by atoms with Crippen LogP contribution in [0.4, 0.5) is 5.82 Å². The fourth-order valence-electron chi connectivity index (χ4n) is 1.71. The van der Waals surface area contributed by atoms with Gasteiger partial charge in [0.2, 0.25) is 0 Å². The topological polar surface area (TPSA) is 101 Å². The number of benzene rings is 1. The van der Waals surface area contributed by atoms with E-state index in [0.29, 0.717) is 12.1 Å². The minimum absolute atomic E-state index is 0.00557. The number of methoxy groups -OCH3 is 1. The number of carboxylic acids is 1. The van der Waals surface area contributed by atoms with Gasteiger partial charge in [0, 0.05) is 6.42 Å². The van der Waals surface area contributed by atoms with Crippen molar-refractivity contribution in [2.45, 2.75) is 6.42 Å². The number of aromatic amines is 1. The molecule has 1 aromatic carbocycles. The number of nitrogens with two attached hydrogens (primary N) is 1. The van der Waals surface area contributed by atoms with Gasteiger partial charge in [-0.2, -0.15) is 5.10 Å². The average Bonchev–Trinajstić information content (AvgIpc) is 2.71. The fraction of sp³-hybridized carbons (Fsp3) is 0.167. The third-order valence-corrected chi connectivity index (χ3v) is 2.62. The van der Waals surface area contributed by atoms with Crippen LogP contribution in [0.1, 0.15) is 21.6 Å². The number of carboxylic acid groups (broad SMARTS) is 1. The van der Waals surface area contributed by atoms with Gasteiger partial charge in [0.1, 0.15) is 11.3 Å². The lowest BCUT2D eigenvalue weighted by Gasteiger charge is -2.03. The number of H-pyrrole nitrogens is 1. The molecule has 0 aliphatic carbocycles. The van der Waals surface area contributed by atoms with Gasteiger partial charge in [0.25, 0.3) is 0 Å². The van der Waals surface area contributed by atoms with Gasteiger partial charge in [-0.05, 0) is 17.7 Å². The van der Waals surface area contributed by atoms with Gasteiger partial charge in [-0.3, -0.25) is 5.10 Å². The molecule has 0 saturated heterocycles. The number of carbonyl (C=O) groups is 1. The normalized spacial score (nSPS) is 10.3. The van der Waals surface area contributed by atoms with Crippen LogP contribution in [0.25, 0.3) is 0 Å². The molecule has 2 rings (SSSR count). The number of ether oxygens (including phenoxy) is 1. The van der Waals surface area contributed by atoms with Crippen molar-refractivity contribution >= 4 is 11.8 Å². The number of aromatic nitrogens is 2. The number of hydrogen-bond acceptors (Lipinski definition) is 4. The Morgan fingerprint density at radius 3 is 2.67 bits per heavy atom. The summed E-state index contributed by atoms with van der Waals surface area (Å²) in [7, 11) is 1.59. The summed E-state index contributed by atoms with van der Waals surface area (Å²) in [5, 5.41) is 15.4. The summed E-state index contributed by atoms with van der Waals surface area (Å²) in [5.74, 6) is -0.322. The first-order valence-electron chi connectivity index (χ1n) is 5.30. The molecule has 18 heavy (non-hydrogen) atoms. The summed E-state index contributed by atoms with van der Waals surface area (Å²) in [6.07, 6.45) is 0.426. The molecular formula is C12H13N3O3. The van der Waals surface area contributed by atoms with Gasteiger partial charge < -0.3 is 15.6 Å². The zero-order valence-corrected chi connectivity index (χ0v) is 9.80. The van der Waals surface area contributed by atoms with E-state index in [9.17, 15) is 4.79 Å². The SMILES string of the molecule is COc1ccc(Cc2[nH]nc(N)c2C(=O)O)cc1. The molecule has 2 aromatic rings. The molecule has 0 unspecified atom stereocenters. The van der Waals surface area contributed by atoms with Gasteiger partial charge in [0.15, 0.2) is 5.82 Å². The number of anilines is 1. The minimum atomic E-state index is -1.08. The maximum Gasteiger partial charge on any atom is 0.341 e. The van der Waals surface area contributed by atoms with Crippen LogP contribution in [0, 0.1) is 0 Å². The molecule has 4 N–H and O–H groups in total. The highest BCUT2D eigenvalue weighted by Crippen LogP contribution is 2.19. The van der Waals surface area contributed by atoms with E-state index in [0.717, 1.165) is 11.3 Å². The van der Waals surface area contributed by atoms with Crippen molar-refractivity contribution in [2.75, 3.05) is 12.8 Å². The van der Waals surface area contributed by atoms with Gasteiger partial charge in [0.05, 0.1) is 12.8 Å². The van der Waals surface area contributed by atoms with Crippen LogP contribution in [0.2, 0.25) is 0 Å². The lowest BCUT2D eigenvalue weighted by atomic mass is 10.1. The van der Waals surface area contributed by atoms with E-state index in [2.05, 4.69) is 10.2 Å². The van der Waals surface area contributed by atoms with Crippen LogP contribution in [0.15, 0.2) is 24.3 Å². The zero-order valence-electron chi connectivity index (χ0n) is 9.80. The first-order valence-corrected chi connectivity index (χ1v) is 5.30. The second-order valence-electron chi connectivity index (χ2n) is 3.79. The fourth-order valence-corrected chi connectivity index (χ4v) is 1.71. The summed E-state index contributed by atoms with van der Waals surface area (Å²) in [6, 6.07) is 7.36. The summed E-state index contributed by atoms with van der Waals surface area (Å²) < 4.78 is 5.05. The second-order valence-corrected chi connectivity index (χ2v) is 3.79. The van der Waals surface area contributed by atoms with Crippen molar-refractivity contribution in [1.29, 1.82) is 0 Å². The maximum atomic E-state index is 11.0. The van der Waals surface area contributed by atoms with E-state index in [1.807, 2.05) is 24.3 Å². The summed E-state index contributed by atoms with van der Waals surface area (Å²) in [4.78, 5) is 11.0. The number of nitrogen functional groups attached to an aromatic ring is 1. The number of nitrogens with zero attached hydrogens (tertiary/aromatic N) is 1. The molecule has 0 aliphatic rings. The second kappa shape index (κ2) is 4.79. The van der Waals surface area contributed by atoms with Crippen LogP contribution in [0.3, 0.4) is 0 Å². The van der Waals surface area contributed by atoms with E-state index in [4.69, 9.17) is 15.6 Å². The van der Waals surface area contributed by atoms with Crippen LogP contribution >= 0.6 is 0 Å². The Labute approximate surface area is 103 Å². The molecule has 6 heteroatoms. The molecule has 0 saturated carbocycles. The van der Waals surface area contributed by atoms with Crippen molar-refractivity contribution in [1.82, 2.24) is 10.2 Å². The monoisotopic (exact) mass is 247 g/mol. The molecule has 0 fully saturated rings. The highest BCUT2D eigenvalue weighted by atomic mass is 16.5. The van der Waals surface area contributed by atoms with Crippen molar-refractivity contribution in [3.05, 3.63) is 41.1 Å². The molecular weight excluding hydrogens is 234 g/mol. The van der Waals surface area contributed by atoms with Crippen LogP contribution in [-0.4, -0.2) is 28.4 Å². The summed E-state index contributed by atoms with van der Waals surface area (Å²) in [6.45, 7) is 0. The Bertz CT molecular complexity index is 560. The lowest BCUT2D eigenvalue weighted by molar-refractivity contribution is 0.0697. The Balaban J connectivity index is 2.25. The molecule has 0 spiro atoms. The Morgan fingerprint density at radius 2 is 2.11 bits per heavy atom. The molecule has 0 radical (unpaired) electrons. The van der Waals surface area contributed by atoms with Crippen molar-refractivity contribution in [3.63, 3.8) is 0 Å².